The van der Waals surface area contributed by atoms with Gasteiger partial charge in [-0.3, -0.25) is 4.79 Å². The van der Waals surface area contributed by atoms with E-state index in [1.165, 1.54) is 0 Å². The fraction of sp³-hybridized carbons (Fsp3) is 0.235. The second-order valence-electron chi connectivity index (χ2n) is 4.61. The third-order valence-electron chi connectivity index (χ3n) is 3.19. The maximum Gasteiger partial charge on any atom is 0.228 e. The van der Waals surface area contributed by atoms with Gasteiger partial charge in [-0.05, 0) is 29.8 Å². The molecule has 0 radical (unpaired) electrons. The SMILES string of the molecule is COc1ccccc1NC(=O)Cc1ccc(OC)c(OC)c1. The Morgan fingerprint density at radius 1 is 0.909 bits per heavy atom. The number of benzene rings is 2. The number of para-hydroxylation sites is 2. The van der Waals surface area contributed by atoms with Gasteiger partial charge in [0.25, 0.3) is 0 Å². The Balaban J connectivity index is 2.09. The average molecular weight is 301 g/mol. The lowest BCUT2D eigenvalue weighted by atomic mass is 10.1. The van der Waals surface area contributed by atoms with Crippen LogP contribution in [0.15, 0.2) is 42.5 Å². The second-order valence-corrected chi connectivity index (χ2v) is 4.61. The first-order valence-corrected chi connectivity index (χ1v) is 6.81. The van der Waals surface area contributed by atoms with Crippen molar-refractivity contribution >= 4 is 11.6 Å². The molecule has 1 amide bonds. The van der Waals surface area contributed by atoms with Gasteiger partial charge in [0.05, 0.1) is 33.4 Å². The Bertz CT molecular complexity index is 655. The van der Waals surface area contributed by atoms with Crippen molar-refractivity contribution in [1.82, 2.24) is 0 Å². The summed E-state index contributed by atoms with van der Waals surface area (Å²) in [5.41, 5.74) is 1.49. The first-order chi connectivity index (χ1) is 10.7. The molecule has 0 bridgehead atoms. The molecular formula is C17H19NO4. The van der Waals surface area contributed by atoms with E-state index in [2.05, 4.69) is 5.32 Å². The summed E-state index contributed by atoms with van der Waals surface area (Å²) in [7, 11) is 4.71. The number of nitrogens with one attached hydrogen (secondary N) is 1. The van der Waals surface area contributed by atoms with Crippen LogP contribution in [-0.2, 0) is 11.2 Å². The zero-order valence-electron chi connectivity index (χ0n) is 12.9. The smallest absolute Gasteiger partial charge is 0.228 e. The lowest BCUT2D eigenvalue weighted by Crippen LogP contribution is -2.15. The van der Waals surface area contributed by atoms with E-state index < -0.39 is 0 Å². The Kier molecular flexibility index (Phi) is 5.25. The zero-order chi connectivity index (χ0) is 15.9. The summed E-state index contributed by atoms with van der Waals surface area (Å²) in [6.07, 6.45) is 0.235. The van der Waals surface area contributed by atoms with Gasteiger partial charge in [-0.2, -0.15) is 0 Å². The molecule has 22 heavy (non-hydrogen) atoms. The molecule has 2 rings (SSSR count). The number of carbonyl (C=O) groups excluding carboxylic acids is 1. The van der Waals surface area contributed by atoms with Crippen LogP contribution in [0.5, 0.6) is 17.2 Å². The molecule has 2 aromatic carbocycles. The predicted octanol–water partition coefficient (Wildman–Crippen LogP) is 2.89. The highest BCUT2D eigenvalue weighted by atomic mass is 16.5. The fourth-order valence-corrected chi connectivity index (χ4v) is 2.12. The van der Waals surface area contributed by atoms with Gasteiger partial charge in [0.2, 0.25) is 5.91 Å². The van der Waals surface area contributed by atoms with E-state index in [0.717, 1.165) is 5.56 Å². The van der Waals surface area contributed by atoms with Crippen molar-refractivity contribution in [2.45, 2.75) is 6.42 Å². The minimum Gasteiger partial charge on any atom is -0.495 e. The molecule has 5 nitrogen and oxygen atoms in total. The van der Waals surface area contributed by atoms with Crippen molar-refractivity contribution in [3.63, 3.8) is 0 Å². The number of rotatable bonds is 6. The maximum absolute atomic E-state index is 12.2. The predicted molar refractivity (Wildman–Crippen MR) is 84.9 cm³/mol. The molecule has 0 aliphatic heterocycles. The van der Waals surface area contributed by atoms with E-state index in [0.29, 0.717) is 22.9 Å². The van der Waals surface area contributed by atoms with Crippen LogP contribution in [0.25, 0.3) is 0 Å². The van der Waals surface area contributed by atoms with E-state index in [1.54, 1.807) is 45.6 Å². The minimum atomic E-state index is -0.128. The number of ether oxygens (including phenoxy) is 3. The van der Waals surface area contributed by atoms with E-state index >= 15 is 0 Å². The van der Waals surface area contributed by atoms with Crippen LogP contribution in [-0.4, -0.2) is 27.2 Å². The summed E-state index contributed by atoms with van der Waals surface area (Å²) in [4.78, 5) is 12.2. The summed E-state index contributed by atoms with van der Waals surface area (Å²) in [6.45, 7) is 0. The number of hydrogen-bond acceptors (Lipinski definition) is 4. The van der Waals surface area contributed by atoms with Gasteiger partial charge in [0, 0.05) is 0 Å². The van der Waals surface area contributed by atoms with Crippen LogP contribution in [0.2, 0.25) is 0 Å². The van der Waals surface area contributed by atoms with E-state index in [-0.39, 0.29) is 12.3 Å². The number of amides is 1. The van der Waals surface area contributed by atoms with Crippen molar-refractivity contribution in [2.75, 3.05) is 26.6 Å². The highest BCUT2D eigenvalue weighted by Crippen LogP contribution is 2.28. The van der Waals surface area contributed by atoms with Crippen LogP contribution < -0.4 is 19.5 Å². The van der Waals surface area contributed by atoms with Crippen LogP contribution >= 0.6 is 0 Å². The van der Waals surface area contributed by atoms with Crippen LogP contribution in [0.3, 0.4) is 0 Å². The molecule has 0 fully saturated rings. The van der Waals surface area contributed by atoms with Crippen molar-refractivity contribution < 1.29 is 19.0 Å². The molecule has 0 unspecified atom stereocenters. The van der Waals surface area contributed by atoms with E-state index in [9.17, 15) is 4.79 Å². The highest BCUT2D eigenvalue weighted by molar-refractivity contribution is 5.93. The summed E-state index contributed by atoms with van der Waals surface area (Å²) in [5.74, 6) is 1.74. The molecule has 0 atom stereocenters. The number of carbonyl (C=O) groups is 1. The molecule has 116 valence electrons. The normalized spacial score (nSPS) is 9.95. The molecule has 0 saturated carbocycles. The van der Waals surface area contributed by atoms with Gasteiger partial charge in [0.15, 0.2) is 11.5 Å². The van der Waals surface area contributed by atoms with Crippen LogP contribution in [0, 0.1) is 0 Å². The molecule has 0 spiro atoms. The molecule has 0 aromatic heterocycles. The van der Waals surface area contributed by atoms with Gasteiger partial charge in [0.1, 0.15) is 5.75 Å². The molecule has 0 aliphatic carbocycles. The Hall–Kier alpha value is -2.69. The Morgan fingerprint density at radius 2 is 1.59 bits per heavy atom. The quantitative estimate of drug-likeness (QED) is 0.891. The van der Waals surface area contributed by atoms with E-state index in [1.807, 2.05) is 18.2 Å². The van der Waals surface area contributed by atoms with Crippen molar-refractivity contribution in [3.8, 4) is 17.2 Å². The van der Waals surface area contributed by atoms with Crippen LogP contribution in [0.1, 0.15) is 5.56 Å². The topological polar surface area (TPSA) is 56.8 Å². The Morgan fingerprint density at radius 3 is 2.27 bits per heavy atom. The van der Waals surface area contributed by atoms with Crippen molar-refractivity contribution in [1.29, 1.82) is 0 Å². The minimum absolute atomic E-state index is 0.128. The molecule has 2 aromatic rings. The largest absolute Gasteiger partial charge is 0.495 e. The number of methoxy groups -OCH3 is 3. The van der Waals surface area contributed by atoms with Crippen LogP contribution in [0.4, 0.5) is 5.69 Å². The monoisotopic (exact) mass is 301 g/mol. The standard InChI is InChI=1S/C17H19NO4/c1-20-14-7-5-4-6-13(14)18-17(19)11-12-8-9-15(21-2)16(10-12)22-3/h4-10H,11H2,1-3H3,(H,18,19). The van der Waals surface area contributed by atoms with Gasteiger partial charge < -0.3 is 19.5 Å². The fourth-order valence-electron chi connectivity index (χ4n) is 2.12. The molecule has 1 N–H and O–H groups in total. The average Bonchev–Trinajstić information content (AvgIpc) is 2.55. The molecular weight excluding hydrogens is 282 g/mol. The Labute approximate surface area is 129 Å². The second kappa shape index (κ2) is 7.36. The first-order valence-electron chi connectivity index (χ1n) is 6.81. The maximum atomic E-state index is 12.2. The van der Waals surface area contributed by atoms with Crippen molar-refractivity contribution in [2.24, 2.45) is 0 Å². The van der Waals surface area contributed by atoms with Gasteiger partial charge in [-0.25, -0.2) is 0 Å². The summed E-state index contributed by atoms with van der Waals surface area (Å²) in [6, 6.07) is 12.7. The van der Waals surface area contributed by atoms with E-state index in [4.69, 9.17) is 14.2 Å². The molecule has 0 aliphatic rings. The number of hydrogen-bond donors (Lipinski definition) is 1. The van der Waals surface area contributed by atoms with Crippen molar-refractivity contribution in [3.05, 3.63) is 48.0 Å². The van der Waals surface area contributed by atoms with Gasteiger partial charge >= 0.3 is 0 Å². The zero-order valence-corrected chi connectivity index (χ0v) is 12.9. The molecule has 0 heterocycles. The summed E-state index contributed by atoms with van der Waals surface area (Å²) >= 11 is 0. The van der Waals surface area contributed by atoms with Gasteiger partial charge in [-0.1, -0.05) is 18.2 Å². The molecule has 5 heteroatoms. The highest BCUT2D eigenvalue weighted by Gasteiger charge is 2.10. The molecule has 0 saturated heterocycles. The van der Waals surface area contributed by atoms with Gasteiger partial charge in [-0.15, -0.1) is 0 Å². The first kappa shape index (κ1) is 15.7. The lowest BCUT2D eigenvalue weighted by Gasteiger charge is -2.11. The third-order valence-corrected chi connectivity index (χ3v) is 3.19. The number of anilines is 1. The third kappa shape index (κ3) is 3.69. The lowest BCUT2D eigenvalue weighted by molar-refractivity contribution is -0.115. The summed E-state index contributed by atoms with van der Waals surface area (Å²) < 4.78 is 15.6. The summed E-state index contributed by atoms with van der Waals surface area (Å²) in [5, 5.41) is 2.84.